The van der Waals surface area contributed by atoms with Gasteiger partial charge in [-0.15, -0.1) is 0 Å². The van der Waals surface area contributed by atoms with Crippen LogP contribution >= 0.6 is 0 Å². The zero-order valence-corrected chi connectivity index (χ0v) is 21.0. The van der Waals surface area contributed by atoms with Crippen molar-refractivity contribution in [3.63, 3.8) is 0 Å². The summed E-state index contributed by atoms with van der Waals surface area (Å²) in [6.07, 6.45) is -14.1. The summed E-state index contributed by atoms with van der Waals surface area (Å²) < 4.78 is 110. The van der Waals surface area contributed by atoms with Gasteiger partial charge in [0.05, 0.1) is 20.7 Å². The average Bonchev–Trinajstić information content (AvgIpc) is 3.17. The third-order valence-electron chi connectivity index (χ3n) is 9.26. The Bertz CT molecular complexity index is 1250. The van der Waals surface area contributed by atoms with E-state index >= 15 is 0 Å². The van der Waals surface area contributed by atoms with Crippen molar-refractivity contribution in [1.29, 1.82) is 0 Å². The summed E-state index contributed by atoms with van der Waals surface area (Å²) in [5.41, 5.74) is -2.26. The Balaban J connectivity index is 1.66. The number of rotatable bonds is 7. The number of nitrogens with one attached hydrogen (secondary N) is 1. The minimum atomic E-state index is -4.21. The first kappa shape index (κ1) is 16.9. The normalized spacial score (nSPS) is 59.9. The summed E-state index contributed by atoms with van der Waals surface area (Å²) >= 11 is 0. The maximum absolute atomic E-state index is 12.3. The van der Waals surface area contributed by atoms with Gasteiger partial charge in [0.25, 0.3) is 10.1 Å². The minimum Gasteiger partial charge on any atom is -0.393 e. The molecule has 10 atom stereocenters. The summed E-state index contributed by atoms with van der Waals surface area (Å²) in [7, 11) is -4.21. The number of fused-ring (bicyclic) bond motifs is 5. The van der Waals surface area contributed by atoms with E-state index in [1.165, 1.54) is 6.92 Å². The molecule has 0 aliphatic heterocycles. The van der Waals surface area contributed by atoms with Gasteiger partial charge >= 0.3 is 0 Å². The maximum atomic E-state index is 12.3. The lowest BCUT2D eigenvalue weighted by Gasteiger charge is -2.62. The monoisotopic (exact) mass is 508 g/mol. The molecule has 8 heteroatoms. The van der Waals surface area contributed by atoms with Crippen LogP contribution in [0.5, 0.6) is 0 Å². The fourth-order valence-corrected chi connectivity index (χ4v) is 7.74. The van der Waals surface area contributed by atoms with Gasteiger partial charge in [-0.05, 0) is 104 Å². The van der Waals surface area contributed by atoms with Gasteiger partial charge in [-0.25, -0.2) is 0 Å². The molecule has 4 aliphatic carbocycles. The largest absolute Gasteiger partial charge is 0.393 e. The minimum absolute atomic E-state index is 0.0683. The van der Waals surface area contributed by atoms with E-state index in [9.17, 15) is 24.8 Å². The first-order valence-electron chi connectivity index (χ1n) is 16.8. The first-order chi connectivity index (χ1) is 19.2. The van der Waals surface area contributed by atoms with Gasteiger partial charge < -0.3 is 15.5 Å². The first-order valence-corrected chi connectivity index (χ1v) is 13.9. The van der Waals surface area contributed by atoms with Crippen LogP contribution in [0.4, 0.5) is 0 Å². The molecule has 0 spiro atoms. The third-order valence-corrected chi connectivity index (χ3v) is 9.98. The molecule has 0 aromatic carbocycles. The second kappa shape index (κ2) is 9.64. The molecule has 1 amide bonds. The second-order valence-corrected chi connectivity index (χ2v) is 12.8. The molecule has 196 valence electrons. The predicted molar refractivity (Wildman–Crippen MR) is 130 cm³/mol. The summed E-state index contributed by atoms with van der Waals surface area (Å²) in [4.78, 5) is 12.3. The molecular formula is C26H45NO6S. The number of hydrogen-bond acceptors (Lipinski definition) is 5. The molecule has 4 aliphatic rings. The van der Waals surface area contributed by atoms with E-state index in [4.69, 9.17) is 15.5 Å². The molecule has 0 unspecified atom stereocenters. The van der Waals surface area contributed by atoms with E-state index in [-0.39, 0.29) is 37.1 Å². The average molecular weight is 509 g/mol. The van der Waals surface area contributed by atoms with Crippen LogP contribution in [0.1, 0.15) is 97.2 Å². The van der Waals surface area contributed by atoms with Crippen LogP contribution in [0.15, 0.2) is 0 Å². The zero-order chi connectivity index (χ0) is 33.0. The summed E-state index contributed by atoms with van der Waals surface area (Å²) in [5.74, 6) is -6.94. The van der Waals surface area contributed by atoms with Gasteiger partial charge in [0.15, 0.2) is 0 Å². The van der Waals surface area contributed by atoms with Crippen molar-refractivity contribution in [3.8, 4) is 0 Å². The lowest BCUT2D eigenvalue weighted by Crippen LogP contribution is -2.58. The summed E-state index contributed by atoms with van der Waals surface area (Å²) in [5, 5.41) is 25.1. The molecule has 7 nitrogen and oxygen atoms in total. The Morgan fingerprint density at radius 2 is 1.85 bits per heavy atom. The van der Waals surface area contributed by atoms with E-state index < -0.39 is 88.0 Å². The van der Waals surface area contributed by atoms with Crippen molar-refractivity contribution in [2.24, 2.45) is 46.3 Å². The van der Waals surface area contributed by atoms with Crippen LogP contribution in [0, 0.1) is 46.3 Å². The highest BCUT2D eigenvalue weighted by molar-refractivity contribution is 7.85. The van der Waals surface area contributed by atoms with Gasteiger partial charge in [0, 0.05) is 22.6 Å². The van der Waals surface area contributed by atoms with Crippen molar-refractivity contribution < 1.29 is 40.3 Å². The van der Waals surface area contributed by atoms with Crippen LogP contribution in [0.25, 0.3) is 0 Å². The molecule has 0 aromatic rings. The van der Waals surface area contributed by atoms with Crippen LogP contribution in [0.3, 0.4) is 0 Å². The molecule has 4 fully saturated rings. The van der Waals surface area contributed by atoms with Crippen molar-refractivity contribution in [3.05, 3.63) is 0 Å². The zero-order valence-electron chi connectivity index (χ0n) is 29.2. The second-order valence-electron chi connectivity index (χ2n) is 11.2. The number of aliphatic hydroxyl groups is 2. The molecule has 34 heavy (non-hydrogen) atoms. The number of hydrogen-bond donors (Lipinski definition) is 4. The molecule has 4 saturated carbocycles. The molecular weight excluding hydrogens is 454 g/mol. The van der Waals surface area contributed by atoms with Crippen LogP contribution in [-0.4, -0.2) is 53.5 Å². The Morgan fingerprint density at radius 3 is 2.56 bits per heavy atom. The fourth-order valence-electron chi connectivity index (χ4n) is 7.38. The summed E-state index contributed by atoms with van der Waals surface area (Å²) in [6, 6.07) is 0. The van der Waals surface area contributed by atoms with Crippen molar-refractivity contribution in [2.45, 2.75) is 97.0 Å². The summed E-state index contributed by atoms with van der Waals surface area (Å²) in [6.45, 7) is 5.17. The fraction of sp³-hybridized carbons (Fsp3) is 0.962. The van der Waals surface area contributed by atoms with Crippen LogP contribution in [0.2, 0.25) is 0 Å². The van der Waals surface area contributed by atoms with E-state index in [1.807, 2.05) is 13.8 Å². The number of amides is 1. The Kier molecular flexibility index (Phi) is 4.80. The molecule has 0 bridgehead atoms. The maximum Gasteiger partial charge on any atom is 0.266 e. The Hall–Kier alpha value is -0.700. The molecule has 4 rings (SSSR count). The highest BCUT2D eigenvalue weighted by Crippen LogP contribution is 2.68. The lowest BCUT2D eigenvalue weighted by molar-refractivity contribution is -0.174. The number of carbonyl (C=O) groups is 1. The highest BCUT2D eigenvalue weighted by atomic mass is 32.2. The standard InChI is InChI=1S/C26H45NO6S/c1-16(4-7-23(30)27-12-13-34(31,32)33)19-5-6-20-24-21(9-11-26(19,20)3)25(2)10-8-18(28)14-17(25)15-22(24)29/h16-22,24,28-29H,4-15H2,1-3H3,(H,27,30)(H,31,32,33)/t16-,17+,18-,19-,20+,21+,22-,24+,25+,26-/m1/s1/i8D2,14D2,15D2,18D,22D,24D. The van der Waals surface area contributed by atoms with Gasteiger partial charge in [0.1, 0.15) is 0 Å². The Morgan fingerprint density at radius 1 is 1.15 bits per heavy atom. The van der Waals surface area contributed by atoms with E-state index in [1.54, 1.807) is 0 Å². The predicted octanol–water partition coefficient (Wildman–Crippen LogP) is 3.40. The van der Waals surface area contributed by atoms with E-state index in [2.05, 4.69) is 5.32 Å². The highest BCUT2D eigenvalue weighted by Gasteiger charge is 2.62. The molecule has 0 radical (unpaired) electrons. The Labute approximate surface area is 217 Å². The SMILES string of the molecule is [2H]C1([2H])C[C@]2(C)[C@H]3CC[C@]4(C)[C@@H]([C@H](C)CCC(=O)NCCS(=O)(=O)O)CC[C@H]4[C@]3([2H])[C@]([2H])(O)C([2H])([2H])[C@@H]2C([2H])([2H])[C@]1([2H])O. The molecule has 0 saturated heterocycles. The van der Waals surface area contributed by atoms with Crippen molar-refractivity contribution in [1.82, 2.24) is 5.32 Å². The van der Waals surface area contributed by atoms with Gasteiger partial charge in [-0.2, -0.15) is 8.42 Å². The third kappa shape index (κ3) is 4.94. The topological polar surface area (TPSA) is 124 Å². The van der Waals surface area contributed by atoms with Gasteiger partial charge in [-0.3, -0.25) is 9.35 Å². The van der Waals surface area contributed by atoms with E-state index in [0.717, 1.165) is 0 Å². The number of carbonyl (C=O) groups excluding carboxylic acids is 1. The van der Waals surface area contributed by atoms with Gasteiger partial charge in [-0.1, -0.05) is 20.8 Å². The van der Waals surface area contributed by atoms with Crippen molar-refractivity contribution in [2.75, 3.05) is 12.3 Å². The molecule has 0 aromatic heterocycles. The van der Waals surface area contributed by atoms with Crippen molar-refractivity contribution >= 4 is 16.0 Å². The van der Waals surface area contributed by atoms with Crippen LogP contribution in [-0.2, 0) is 14.9 Å². The smallest absolute Gasteiger partial charge is 0.266 e. The molecule has 0 heterocycles. The van der Waals surface area contributed by atoms with Gasteiger partial charge in [0.2, 0.25) is 5.91 Å². The van der Waals surface area contributed by atoms with E-state index in [0.29, 0.717) is 25.7 Å². The quantitative estimate of drug-likeness (QED) is 0.391. The molecule has 4 N–H and O–H groups in total. The van der Waals surface area contributed by atoms with Crippen LogP contribution < -0.4 is 5.32 Å². The lowest BCUT2D eigenvalue weighted by atomic mass is 9.43.